The number of rotatable bonds is 6. The fourth-order valence-corrected chi connectivity index (χ4v) is 3.12. The van der Waals surface area contributed by atoms with Crippen LogP contribution in [-0.2, 0) is 12.6 Å². The number of fused-ring (bicyclic) bond motifs is 1. The summed E-state index contributed by atoms with van der Waals surface area (Å²) < 4.78 is 38.9. The number of nitrogens with two attached hydrogens (primary N) is 1. The maximum Gasteiger partial charge on any atom is 0.453 e. The first-order chi connectivity index (χ1) is 9.82. The van der Waals surface area contributed by atoms with Gasteiger partial charge in [-0.1, -0.05) is 25.2 Å². The Morgan fingerprint density at radius 3 is 2.52 bits per heavy atom. The Hall–Kier alpha value is -1.22. The molecule has 2 aromatic heterocycles. The van der Waals surface area contributed by atoms with E-state index in [1.165, 1.54) is 0 Å². The van der Waals surface area contributed by atoms with Crippen LogP contribution in [0.3, 0.4) is 0 Å². The molecule has 0 aliphatic heterocycles. The Morgan fingerprint density at radius 2 is 1.95 bits per heavy atom. The normalized spacial score (nSPS) is 14.2. The van der Waals surface area contributed by atoms with E-state index in [4.69, 9.17) is 5.73 Å². The van der Waals surface area contributed by atoms with Gasteiger partial charge in [0.15, 0.2) is 0 Å². The summed E-state index contributed by atoms with van der Waals surface area (Å²) in [6, 6.07) is 0. The molecule has 0 saturated heterocycles. The second-order valence-corrected chi connectivity index (χ2v) is 6.37. The van der Waals surface area contributed by atoms with Gasteiger partial charge >= 0.3 is 6.18 Å². The molecule has 1 atom stereocenters. The molecular formula is C12H18F3N5S. The van der Waals surface area contributed by atoms with Crippen LogP contribution in [0.25, 0.3) is 4.96 Å². The van der Waals surface area contributed by atoms with E-state index in [2.05, 4.69) is 29.1 Å². The molecule has 0 aliphatic carbocycles. The minimum atomic E-state index is -4.54. The molecule has 0 spiro atoms. The lowest BCUT2D eigenvalue weighted by Gasteiger charge is -2.19. The highest BCUT2D eigenvalue weighted by Crippen LogP contribution is 2.29. The number of aromatic nitrogens is 4. The maximum absolute atomic E-state index is 12.7. The molecular weight excluding hydrogens is 303 g/mol. The van der Waals surface area contributed by atoms with Gasteiger partial charge in [-0.2, -0.15) is 22.8 Å². The zero-order valence-electron chi connectivity index (χ0n) is 11.9. The second-order valence-electron chi connectivity index (χ2n) is 5.33. The topological polar surface area (TPSA) is 69.1 Å². The Kier molecular flexibility index (Phi) is 4.82. The fraction of sp³-hybridized carbons (Fsp3) is 0.750. The van der Waals surface area contributed by atoms with Crippen molar-refractivity contribution >= 4 is 16.3 Å². The molecule has 0 aliphatic rings. The van der Waals surface area contributed by atoms with Gasteiger partial charge in [-0.05, 0) is 31.2 Å². The molecule has 1 unspecified atom stereocenters. The smallest absolute Gasteiger partial charge is 0.330 e. The zero-order chi connectivity index (χ0) is 15.6. The summed E-state index contributed by atoms with van der Waals surface area (Å²) in [6.45, 7) is 4.87. The van der Waals surface area contributed by atoms with Gasteiger partial charge in [0.1, 0.15) is 5.01 Å². The van der Waals surface area contributed by atoms with Gasteiger partial charge in [0.25, 0.3) is 5.82 Å². The van der Waals surface area contributed by atoms with E-state index in [-0.39, 0.29) is 4.96 Å². The van der Waals surface area contributed by atoms with Crippen molar-refractivity contribution < 1.29 is 13.2 Å². The van der Waals surface area contributed by atoms with E-state index in [9.17, 15) is 13.2 Å². The number of halogens is 3. The van der Waals surface area contributed by atoms with E-state index in [0.29, 0.717) is 29.8 Å². The minimum Gasteiger partial charge on any atom is -0.330 e. The summed E-state index contributed by atoms with van der Waals surface area (Å²) in [4.78, 5) is 0.178. The van der Waals surface area contributed by atoms with Crippen molar-refractivity contribution in [3.8, 4) is 0 Å². The Balaban J connectivity index is 2.11. The van der Waals surface area contributed by atoms with Gasteiger partial charge in [0, 0.05) is 6.42 Å². The van der Waals surface area contributed by atoms with Crippen LogP contribution in [0.2, 0.25) is 0 Å². The van der Waals surface area contributed by atoms with Crippen LogP contribution in [0.4, 0.5) is 13.2 Å². The summed E-state index contributed by atoms with van der Waals surface area (Å²) in [5.41, 5.74) is 5.59. The number of alkyl halides is 3. The summed E-state index contributed by atoms with van der Waals surface area (Å²) in [5.74, 6) is -0.126. The van der Waals surface area contributed by atoms with Crippen molar-refractivity contribution in [1.29, 1.82) is 0 Å². The molecule has 0 bridgehead atoms. The molecule has 5 nitrogen and oxygen atoms in total. The van der Waals surface area contributed by atoms with Crippen molar-refractivity contribution in [2.24, 2.45) is 17.6 Å². The van der Waals surface area contributed by atoms with Crippen molar-refractivity contribution in [3.63, 3.8) is 0 Å². The summed E-state index contributed by atoms with van der Waals surface area (Å²) >= 11 is 1.15. The minimum absolute atomic E-state index is 0.178. The highest BCUT2D eigenvalue weighted by Gasteiger charge is 2.38. The third-order valence-corrected chi connectivity index (χ3v) is 4.45. The second kappa shape index (κ2) is 6.27. The lowest BCUT2D eigenvalue weighted by atomic mass is 9.88. The summed E-state index contributed by atoms with van der Waals surface area (Å²) in [7, 11) is 0. The largest absolute Gasteiger partial charge is 0.453 e. The van der Waals surface area contributed by atoms with Crippen LogP contribution in [0.5, 0.6) is 0 Å². The third kappa shape index (κ3) is 3.70. The Bertz CT molecular complexity index is 589. The monoisotopic (exact) mass is 321 g/mol. The van der Waals surface area contributed by atoms with Gasteiger partial charge in [-0.25, -0.2) is 0 Å². The van der Waals surface area contributed by atoms with Crippen LogP contribution in [0, 0.1) is 11.8 Å². The average Bonchev–Trinajstić information content (AvgIpc) is 2.91. The van der Waals surface area contributed by atoms with E-state index < -0.39 is 12.0 Å². The average molecular weight is 321 g/mol. The SMILES string of the molecule is CC(C)C(CCN)CCc1nn2c(C(F)(F)F)nnc2s1. The molecule has 0 fully saturated rings. The van der Waals surface area contributed by atoms with Crippen LogP contribution in [0.1, 0.15) is 37.5 Å². The molecule has 0 radical (unpaired) electrons. The lowest BCUT2D eigenvalue weighted by molar-refractivity contribution is -0.146. The zero-order valence-corrected chi connectivity index (χ0v) is 12.7. The first kappa shape index (κ1) is 16.2. The highest BCUT2D eigenvalue weighted by molar-refractivity contribution is 7.16. The summed E-state index contributed by atoms with van der Waals surface area (Å²) in [6.07, 6.45) is -2.13. The first-order valence-electron chi connectivity index (χ1n) is 6.81. The Labute approximate surface area is 124 Å². The maximum atomic E-state index is 12.7. The molecule has 2 N–H and O–H groups in total. The number of nitrogens with zero attached hydrogens (tertiary/aromatic N) is 4. The highest BCUT2D eigenvalue weighted by atomic mass is 32.1. The van der Waals surface area contributed by atoms with Gasteiger partial charge in [-0.15, -0.1) is 10.2 Å². The standard InChI is InChI=1S/C12H18F3N5S/c1-7(2)8(5-6-16)3-4-9-19-20-10(12(13,14)15)17-18-11(20)21-9/h7-8H,3-6,16H2,1-2H3. The van der Waals surface area contributed by atoms with E-state index >= 15 is 0 Å². The van der Waals surface area contributed by atoms with E-state index in [1.54, 1.807) is 0 Å². The van der Waals surface area contributed by atoms with Gasteiger partial charge < -0.3 is 5.73 Å². The molecule has 2 heterocycles. The number of hydrogen-bond donors (Lipinski definition) is 1. The third-order valence-electron chi connectivity index (χ3n) is 3.50. The van der Waals surface area contributed by atoms with Crippen LogP contribution < -0.4 is 5.73 Å². The van der Waals surface area contributed by atoms with Crippen LogP contribution in [-0.4, -0.2) is 26.4 Å². The van der Waals surface area contributed by atoms with Crippen molar-refractivity contribution in [2.75, 3.05) is 6.54 Å². The lowest BCUT2D eigenvalue weighted by Crippen LogP contribution is -2.15. The van der Waals surface area contributed by atoms with E-state index in [1.807, 2.05) is 0 Å². The van der Waals surface area contributed by atoms with Crippen molar-refractivity contribution in [2.45, 2.75) is 39.3 Å². The molecule has 118 valence electrons. The predicted molar refractivity (Wildman–Crippen MR) is 74.0 cm³/mol. The summed E-state index contributed by atoms with van der Waals surface area (Å²) in [5, 5.41) is 11.3. The molecule has 21 heavy (non-hydrogen) atoms. The van der Waals surface area contributed by atoms with Crippen molar-refractivity contribution in [1.82, 2.24) is 19.8 Å². The van der Waals surface area contributed by atoms with Gasteiger partial charge in [0.2, 0.25) is 4.96 Å². The molecule has 0 aromatic carbocycles. The first-order valence-corrected chi connectivity index (χ1v) is 7.63. The van der Waals surface area contributed by atoms with Crippen molar-refractivity contribution in [3.05, 3.63) is 10.8 Å². The van der Waals surface area contributed by atoms with Crippen LogP contribution >= 0.6 is 11.3 Å². The molecule has 2 aromatic rings. The van der Waals surface area contributed by atoms with Gasteiger partial charge in [0.05, 0.1) is 0 Å². The Morgan fingerprint density at radius 1 is 1.24 bits per heavy atom. The van der Waals surface area contributed by atoms with E-state index in [0.717, 1.165) is 28.7 Å². The molecule has 0 amide bonds. The number of aryl methyl sites for hydroxylation is 1. The molecule has 2 rings (SSSR count). The van der Waals surface area contributed by atoms with Gasteiger partial charge in [-0.3, -0.25) is 0 Å². The predicted octanol–water partition coefficient (Wildman–Crippen LogP) is 2.76. The molecule has 0 saturated carbocycles. The fourth-order valence-electron chi connectivity index (χ4n) is 2.27. The number of hydrogen-bond acceptors (Lipinski definition) is 5. The van der Waals surface area contributed by atoms with Crippen LogP contribution in [0.15, 0.2) is 0 Å². The quantitative estimate of drug-likeness (QED) is 0.888. The molecule has 9 heteroatoms.